The maximum absolute atomic E-state index is 12.1. The number of aromatic nitrogens is 1. The minimum atomic E-state index is -5.21. The molecule has 0 atom stereocenters. The number of nitro groups is 1. The van der Waals surface area contributed by atoms with Crippen LogP contribution in [0.25, 0.3) is 0 Å². The number of alkyl halides is 3. The Morgan fingerprint density at radius 3 is 2.60 bits per heavy atom. The SMILES string of the molecule is CCOC(=O)c1cc(OC(F)(F)F)c(O)c([N+](=O)[O-])n1. The Hall–Kier alpha value is -2.59. The molecule has 20 heavy (non-hydrogen) atoms. The monoisotopic (exact) mass is 296 g/mol. The van der Waals surface area contributed by atoms with Gasteiger partial charge in [0.2, 0.25) is 0 Å². The van der Waals surface area contributed by atoms with Crippen LogP contribution in [0.4, 0.5) is 19.0 Å². The summed E-state index contributed by atoms with van der Waals surface area (Å²) in [4.78, 5) is 23.7. The first-order chi connectivity index (χ1) is 9.15. The van der Waals surface area contributed by atoms with E-state index >= 15 is 0 Å². The van der Waals surface area contributed by atoms with Gasteiger partial charge in [0.1, 0.15) is 0 Å². The molecule has 0 aliphatic heterocycles. The molecule has 0 aromatic carbocycles. The van der Waals surface area contributed by atoms with Crippen LogP contribution in [0.15, 0.2) is 6.07 Å². The van der Waals surface area contributed by atoms with Gasteiger partial charge >= 0.3 is 18.1 Å². The van der Waals surface area contributed by atoms with E-state index in [-0.39, 0.29) is 6.61 Å². The van der Waals surface area contributed by atoms with E-state index in [4.69, 9.17) is 0 Å². The van der Waals surface area contributed by atoms with Crippen molar-refractivity contribution >= 4 is 11.8 Å². The number of aromatic hydroxyl groups is 1. The summed E-state index contributed by atoms with van der Waals surface area (Å²) in [5.74, 6) is -5.31. The van der Waals surface area contributed by atoms with Crippen molar-refractivity contribution < 1.29 is 37.5 Å². The fraction of sp³-hybridized carbons (Fsp3) is 0.333. The van der Waals surface area contributed by atoms with Gasteiger partial charge in [-0.05, 0) is 16.8 Å². The van der Waals surface area contributed by atoms with Crippen molar-refractivity contribution in [3.05, 3.63) is 21.9 Å². The maximum atomic E-state index is 12.1. The summed E-state index contributed by atoms with van der Waals surface area (Å²) < 4.78 is 44.1. The van der Waals surface area contributed by atoms with Crippen molar-refractivity contribution in [2.24, 2.45) is 0 Å². The summed E-state index contributed by atoms with van der Waals surface area (Å²) in [7, 11) is 0. The third kappa shape index (κ3) is 3.70. The van der Waals surface area contributed by atoms with Crippen molar-refractivity contribution in [3.8, 4) is 11.5 Å². The summed E-state index contributed by atoms with van der Waals surface area (Å²) in [6.07, 6.45) is -5.21. The van der Waals surface area contributed by atoms with Crippen LogP contribution in [0.3, 0.4) is 0 Å². The molecule has 0 saturated heterocycles. The second-order valence-electron chi connectivity index (χ2n) is 3.20. The number of halogens is 3. The van der Waals surface area contributed by atoms with Gasteiger partial charge in [0.25, 0.3) is 11.4 Å². The molecule has 0 saturated carbocycles. The molecule has 0 unspecified atom stereocenters. The Morgan fingerprint density at radius 2 is 2.15 bits per heavy atom. The summed E-state index contributed by atoms with van der Waals surface area (Å²) in [6.45, 7) is 1.30. The Balaban J connectivity index is 3.35. The predicted molar refractivity (Wildman–Crippen MR) is 55.2 cm³/mol. The molecule has 110 valence electrons. The van der Waals surface area contributed by atoms with E-state index < -0.39 is 40.3 Å². The highest BCUT2D eigenvalue weighted by Gasteiger charge is 2.36. The quantitative estimate of drug-likeness (QED) is 0.512. The van der Waals surface area contributed by atoms with E-state index in [2.05, 4.69) is 14.5 Å². The Kier molecular flexibility index (Phi) is 4.32. The van der Waals surface area contributed by atoms with Crippen molar-refractivity contribution in [3.63, 3.8) is 0 Å². The predicted octanol–water partition coefficient (Wildman–Crippen LogP) is 1.77. The number of carbonyl (C=O) groups is 1. The van der Waals surface area contributed by atoms with Gasteiger partial charge in [0.15, 0.2) is 5.75 Å². The smallest absolute Gasteiger partial charge is 0.498 e. The molecule has 11 heteroatoms. The minimum Gasteiger partial charge on any atom is -0.498 e. The van der Waals surface area contributed by atoms with Crippen LogP contribution in [0.5, 0.6) is 11.5 Å². The molecule has 0 fully saturated rings. The molecular formula is C9H7F3N2O6. The van der Waals surface area contributed by atoms with Crippen LogP contribution in [-0.4, -0.2) is 34.0 Å². The van der Waals surface area contributed by atoms with E-state index in [0.29, 0.717) is 6.07 Å². The average Bonchev–Trinajstić information content (AvgIpc) is 2.29. The largest absolute Gasteiger partial charge is 0.573 e. The number of hydrogen-bond acceptors (Lipinski definition) is 7. The van der Waals surface area contributed by atoms with Crippen molar-refractivity contribution in [1.82, 2.24) is 4.98 Å². The molecule has 0 aliphatic carbocycles. The van der Waals surface area contributed by atoms with Crippen molar-refractivity contribution in [1.29, 1.82) is 0 Å². The van der Waals surface area contributed by atoms with E-state index in [1.807, 2.05) is 0 Å². The highest BCUT2D eigenvalue weighted by Crippen LogP contribution is 2.37. The summed E-state index contributed by atoms with van der Waals surface area (Å²) in [5, 5.41) is 19.8. The molecule has 1 N–H and O–H groups in total. The van der Waals surface area contributed by atoms with Gasteiger partial charge in [-0.2, -0.15) is 0 Å². The lowest BCUT2D eigenvalue weighted by Gasteiger charge is -2.10. The molecular weight excluding hydrogens is 289 g/mol. The van der Waals surface area contributed by atoms with Crippen LogP contribution >= 0.6 is 0 Å². The Labute approximate surface area is 108 Å². The van der Waals surface area contributed by atoms with E-state index in [1.54, 1.807) is 0 Å². The molecule has 0 aliphatic rings. The Morgan fingerprint density at radius 1 is 1.55 bits per heavy atom. The standard InChI is InChI=1S/C9H7F3N2O6/c1-2-19-8(16)4-3-5(20-9(10,11)12)6(15)7(13-4)14(17)18/h3,15H,2H2,1H3. The topological polar surface area (TPSA) is 112 Å². The molecule has 1 aromatic rings. The van der Waals surface area contributed by atoms with E-state index in [1.165, 1.54) is 6.92 Å². The first kappa shape index (κ1) is 15.5. The number of hydrogen-bond donors (Lipinski definition) is 1. The van der Waals surface area contributed by atoms with Crippen LogP contribution in [0.1, 0.15) is 17.4 Å². The van der Waals surface area contributed by atoms with Crippen LogP contribution < -0.4 is 4.74 Å². The van der Waals surface area contributed by atoms with Gasteiger partial charge in [-0.1, -0.05) is 0 Å². The molecule has 0 bridgehead atoms. The van der Waals surface area contributed by atoms with E-state index in [0.717, 1.165) is 0 Å². The average molecular weight is 296 g/mol. The summed E-state index contributed by atoms with van der Waals surface area (Å²) >= 11 is 0. The second kappa shape index (κ2) is 5.59. The van der Waals surface area contributed by atoms with E-state index in [9.17, 15) is 33.2 Å². The second-order valence-corrected chi connectivity index (χ2v) is 3.20. The number of nitrogens with zero attached hydrogens (tertiary/aromatic N) is 2. The van der Waals surface area contributed by atoms with Crippen molar-refractivity contribution in [2.45, 2.75) is 13.3 Å². The lowest BCUT2D eigenvalue weighted by atomic mass is 10.3. The summed E-state index contributed by atoms with van der Waals surface area (Å²) in [6, 6.07) is 0.397. The van der Waals surface area contributed by atoms with Gasteiger partial charge in [0, 0.05) is 6.07 Å². The molecule has 0 amide bonds. The lowest BCUT2D eigenvalue weighted by molar-refractivity contribution is -0.390. The fourth-order valence-electron chi connectivity index (χ4n) is 1.14. The highest BCUT2D eigenvalue weighted by atomic mass is 19.4. The number of carbonyl (C=O) groups excluding carboxylic acids is 1. The number of esters is 1. The van der Waals surface area contributed by atoms with Gasteiger partial charge in [-0.3, -0.25) is 0 Å². The first-order valence-corrected chi connectivity index (χ1v) is 4.97. The minimum absolute atomic E-state index is 0.120. The zero-order valence-corrected chi connectivity index (χ0v) is 9.80. The zero-order chi connectivity index (χ0) is 15.5. The van der Waals surface area contributed by atoms with Gasteiger partial charge in [-0.15, -0.1) is 13.2 Å². The summed E-state index contributed by atoms with van der Waals surface area (Å²) in [5.41, 5.74) is -0.796. The number of ether oxygens (including phenoxy) is 2. The first-order valence-electron chi connectivity index (χ1n) is 4.97. The molecule has 0 radical (unpaired) electrons. The van der Waals surface area contributed by atoms with Crippen LogP contribution in [0.2, 0.25) is 0 Å². The van der Waals surface area contributed by atoms with Crippen LogP contribution in [-0.2, 0) is 4.74 Å². The molecule has 1 aromatic heterocycles. The zero-order valence-electron chi connectivity index (χ0n) is 9.80. The Bertz CT molecular complexity index is 545. The normalized spacial score (nSPS) is 11.0. The number of pyridine rings is 1. The lowest BCUT2D eigenvalue weighted by Crippen LogP contribution is -2.18. The van der Waals surface area contributed by atoms with Gasteiger partial charge in [0.05, 0.1) is 6.61 Å². The maximum Gasteiger partial charge on any atom is 0.573 e. The fourth-order valence-corrected chi connectivity index (χ4v) is 1.14. The molecule has 8 nitrogen and oxygen atoms in total. The van der Waals surface area contributed by atoms with Crippen LogP contribution in [0, 0.1) is 10.1 Å². The third-order valence-corrected chi connectivity index (χ3v) is 1.82. The molecule has 1 heterocycles. The third-order valence-electron chi connectivity index (χ3n) is 1.82. The highest BCUT2D eigenvalue weighted by molar-refractivity contribution is 5.88. The molecule has 1 rings (SSSR count). The van der Waals surface area contributed by atoms with Gasteiger partial charge in [-0.25, -0.2) is 4.79 Å². The number of rotatable bonds is 4. The van der Waals surface area contributed by atoms with Crippen molar-refractivity contribution in [2.75, 3.05) is 6.61 Å². The molecule has 0 spiro atoms. The van der Waals surface area contributed by atoms with Gasteiger partial charge < -0.3 is 24.7 Å².